The Labute approximate surface area is 114 Å². The largest absolute Gasteiger partial charge is 0.314 e. The van der Waals surface area contributed by atoms with Crippen molar-refractivity contribution in [1.29, 1.82) is 5.26 Å². The third-order valence-corrected chi connectivity index (χ3v) is 4.04. The lowest BCUT2D eigenvalue weighted by Gasteiger charge is -2.29. The number of carbonyl (C=O) groups excluding carboxylic acids is 1. The lowest BCUT2D eigenvalue weighted by atomic mass is 9.71. The average molecular weight is 256 g/mol. The number of likely N-dealkylation sites (N-methyl/N-ethyl adjacent to an activating group) is 1. The SMILES string of the molecule is Cc1cccc2c1N(C)C(=O)C2(C)CC(C)(C)C#N. The number of rotatable bonds is 2. The van der Waals surface area contributed by atoms with Gasteiger partial charge >= 0.3 is 0 Å². The van der Waals surface area contributed by atoms with E-state index in [0.29, 0.717) is 6.42 Å². The summed E-state index contributed by atoms with van der Waals surface area (Å²) in [6.45, 7) is 7.75. The first-order valence-electron chi connectivity index (χ1n) is 6.52. The van der Waals surface area contributed by atoms with Crippen molar-refractivity contribution in [3.63, 3.8) is 0 Å². The van der Waals surface area contributed by atoms with Gasteiger partial charge in [-0.15, -0.1) is 0 Å². The lowest BCUT2D eigenvalue weighted by molar-refractivity contribution is -0.123. The van der Waals surface area contributed by atoms with Gasteiger partial charge in [0.25, 0.3) is 0 Å². The first-order valence-corrected chi connectivity index (χ1v) is 6.52. The summed E-state index contributed by atoms with van der Waals surface area (Å²) in [7, 11) is 1.82. The molecule has 1 aliphatic rings. The van der Waals surface area contributed by atoms with Crippen molar-refractivity contribution in [1.82, 2.24) is 0 Å². The van der Waals surface area contributed by atoms with E-state index in [0.717, 1.165) is 16.8 Å². The van der Waals surface area contributed by atoms with Crippen LogP contribution in [0.5, 0.6) is 0 Å². The maximum atomic E-state index is 12.6. The Morgan fingerprint density at radius 3 is 2.63 bits per heavy atom. The van der Waals surface area contributed by atoms with E-state index in [2.05, 4.69) is 6.07 Å². The van der Waals surface area contributed by atoms with E-state index < -0.39 is 10.8 Å². The van der Waals surface area contributed by atoms with Gasteiger partial charge < -0.3 is 4.90 Å². The van der Waals surface area contributed by atoms with Gasteiger partial charge in [-0.3, -0.25) is 4.79 Å². The number of para-hydroxylation sites is 1. The van der Waals surface area contributed by atoms with Gasteiger partial charge in [0.2, 0.25) is 5.91 Å². The van der Waals surface area contributed by atoms with E-state index in [1.165, 1.54) is 0 Å². The van der Waals surface area contributed by atoms with Crippen LogP contribution in [0.3, 0.4) is 0 Å². The number of benzene rings is 1. The van der Waals surface area contributed by atoms with Crippen molar-refractivity contribution in [2.45, 2.75) is 39.5 Å². The molecule has 19 heavy (non-hydrogen) atoms. The predicted molar refractivity (Wildman–Crippen MR) is 76.0 cm³/mol. The third kappa shape index (κ3) is 1.92. The van der Waals surface area contributed by atoms with Crippen LogP contribution in [0.25, 0.3) is 0 Å². The van der Waals surface area contributed by atoms with Crippen molar-refractivity contribution in [2.75, 3.05) is 11.9 Å². The quantitative estimate of drug-likeness (QED) is 0.815. The van der Waals surface area contributed by atoms with E-state index in [9.17, 15) is 10.1 Å². The van der Waals surface area contributed by atoms with Gasteiger partial charge in [-0.05, 0) is 45.2 Å². The molecule has 3 nitrogen and oxygen atoms in total. The van der Waals surface area contributed by atoms with E-state index in [1.807, 2.05) is 52.9 Å². The summed E-state index contributed by atoms with van der Waals surface area (Å²) in [5, 5.41) is 9.25. The fraction of sp³-hybridized carbons (Fsp3) is 0.500. The summed E-state index contributed by atoms with van der Waals surface area (Å²) in [5.74, 6) is 0.0834. The van der Waals surface area contributed by atoms with Gasteiger partial charge in [-0.2, -0.15) is 5.26 Å². The highest BCUT2D eigenvalue weighted by atomic mass is 16.2. The molecule has 1 aromatic carbocycles. The molecule has 1 atom stereocenters. The maximum Gasteiger partial charge on any atom is 0.237 e. The third-order valence-electron chi connectivity index (χ3n) is 4.04. The summed E-state index contributed by atoms with van der Waals surface area (Å²) in [4.78, 5) is 14.4. The molecule has 0 fully saturated rings. The van der Waals surface area contributed by atoms with Crippen molar-refractivity contribution in [3.8, 4) is 6.07 Å². The molecule has 1 heterocycles. The smallest absolute Gasteiger partial charge is 0.237 e. The van der Waals surface area contributed by atoms with Crippen LogP contribution in [0.1, 0.15) is 38.3 Å². The Balaban J connectivity index is 2.59. The van der Waals surface area contributed by atoms with Crippen LogP contribution in [-0.4, -0.2) is 13.0 Å². The molecule has 3 heteroatoms. The fourth-order valence-corrected chi connectivity index (χ4v) is 3.23. The Morgan fingerprint density at radius 2 is 2.05 bits per heavy atom. The highest BCUT2D eigenvalue weighted by molar-refractivity contribution is 6.08. The summed E-state index contributed by atoms with van der Waals surface area (Å²) in [5.41, 5.74) is 2.03. The molecule has 1 unspecified atom stereocenters. The molecule has 0 aliphatic carbocycles. The van der Waals surface area contributed by atoms with Gasteiger partial charge in [0.15, 0.2) is 0 Å². The summed E-state index contributed by atoms with van der Waals surface area (Å²) in [6.07, 6.45) is 0.538. The molecule has 100 valence electrons. The van der Waals surface area contributed by atoms with Crippen molar-refractivity contribution < 1.29 is 4.79 Å². The molecule has 1 amide bonds. The van der Waals surface area contributed by atoms with E-state index in [-0.39, 0.29) is 5.91 Å². The normalized spacial score (nSPS) is 22.3. The maximum absolute atomic E-state index is 12.6. The molecule has 0 saturated heterocycles. The number of hydrogen-bond acceptors (Lipinski definition) is 2. The minimum Gasteiger partial charge on any atom is -0.314 e. The van der Waals surface area contributed by atoms with Crippen LogP contribution < -0.4 is 4.90 Å². The minimum absolute atomic E-state index is 0.0834. The number of hydrogen-bond donors (Lipinski definition) is 0. The Morgan fingerprint density at radius 1 is 1.42 bits per heavy atom. The highest BCUT2D eigenvalue weighted by Crippen LogP contribution is 2.48. The zero-order valence-electron chi connectivity index (χ0n) is 12.2. The Hall–Kier alpha value is -1.82. The molecule has 0 spiro atoms. The van der Waals surface area contributed by atoms with Gasteiger partial charge in [0, 0.05) is 7.05 Å². The Bertz CT molecular complexity index is 583. The zero-order valence-corrected chi connectivity index (χ0v) is 12.2. The van der Waals surface area contributed by atoms with Crippen molar-refractivity contribution in [2.24, 2.45) is 5.41 Å². The second kappa shape index (κ2) is 4.09. The number of aryl methyl sites for hydroxylation is 1. The molecular formula is C16H20N2O. The van der Waals surface area contributed by atoms with Gasteiger partial charge in [-0.25, -0.2) is 0 Å². The van der Waals surface area contributed by atoms with E-state index in [1.54, 1.807) is 4.90 Å². The predicted octanol–water partition coefficient (Wildman–Crippen LogP) is 3.17. The van der Waals surface area contributed by atoms with Crippen LogP contribution in [0, 0.1) is 23.7 Å². The van der Waals surface area contributed by atoms with Crippen LogP contribution >= 0.6 is 0 Å². The molecule has 0 bridgehead atoms. The first-order chi connectivity index (χ1) is 8.73. The number of anilines is 1. The number of fused-ring (bicyclic) bond motifs is 1. The monoisotopic (exact) mass is 256 g/mol. The Kier molecular flexibility index (Phi) is 2.93. The molecule has 0 N–H and O–H groups in total. The topological polar surface area (TPSA) is 44.1 Å². The van der Waals surface area contributed by atoms with Crippen LogP contribution in [0.15, 0.2) is 18.2 Å². The lowest BCUT2D eigenvalue weighted by Crippen LogP contribution is -2.39. The van der Waals surface area contributed by atoms with Crippen molar-refractivity contribution in [3.05, 3.63) is 29.3 Å². The zero-order chi connectivity index (χ0) is 14.4. The standard InChI is InChI=1S/C16H20N2O/c1-11-7-6-8-12-13(11)18(5)14(19)16(12,4)9-15(2,3)10-17/h6-8H,9H2,1-5H3. The summed E-state index contributed by atoms with van der Waals surface area (Å²) in [6, 6.07) is 8.32. The van der Waals surface area contributed by atoms with Crippen LogP contribution in [0.4, 0.5) is 5.69 Å². The molecule has 0 aromatic heterocycles. The summed E-state index contributed by atoms with van der Waals surface area (Å²) < 4.78 is 0. The van der Waals surface area contributed by atoms with Gasteiger partial charge in [0.1, 0.15) is 0 Å². The van der Waals surface area contributed by atoms with Gasteiger partial charge in [-0.1, -0.05) is 18.2 Å². The second-order valence-electron chi connectivity index (χ2n) is 6.34. The highest BCUT2D eigenvalue weighted by Gasteiger charge is 2.49. The second-order valence-corrected chi connectivity index (χ2v) is 6.34. The van der Waals surface area contributed by atoms with Crippen LogP contribution in [-0.2, 0) is 10.2 Å². The number of nitriles is 1. The molecule has 0 radical (unpaired) electrons. The molecule has 1 aromatic rings. The van der Waals surface area contributed by atoms with Crippen LogP contribution in [0.2, 0.25) is 0 Å². The molecule has 2 rings (SSSR count). The number of carbonyl (C=O) groups is 1. The fourth-order valence-electron chi connectivity index (χ4n) is 3.23. The van der Waals surface area contributed by atoms with E-state index >= 15 is 0 Å². The number of amides is 1. The first kappa shape index (κ1) is 13.6. The van der Waals surface area contributed by atoms with Crippen molar-refractivity contribution >= 4 is 11.6 Å². The molecular weight excluding hydrogens is 236 g/mol. The average Bonchev–Trinajstić information content (AvgIpc) is 2.53. The molecule has 1 aliphatic heterocycles. The van der Waals surface area contributed by atoms with E-state index in [4.69, 9.17) is 0 Å². The number of nitrogens with zero attached hydrogens (tertiary/aromatic N) is 2. The summed E-state index contributed by atoms with van der Waals surface area (Å²) >= 11 is 0. The minimum atomic E-state index is -0.602. The van der Waals surface area contributed by atoms with Gasteiger partial charge in [0.05, 0.1) is 22.6 Å². The molecule has 0 saturated carbocycles.